The molecule has 0 saturated heterocycles. The zero-order valence-electron chi connectivity index (χ0n) is 13.1. The van der Waals surface area contributed by atoms with Crippen molar-refractivity contribution in [1.82, 2.24) is 9.97 Å². The summed E-state index contributed by atoms with van der Waals surface area (Å²) in [5.74, 6) is 1.13. The van der Waals surface area contributed by atoms with Crippen LogP contribution in [0, 0.1) is 5.82 Å². The van der Waals surface area contributed by atoms with Gasteiger partial charge in [0.1, 0.15) is 17.4 Å². The van der Waals surface area contributed by atoms with Crippen LogP contribution in [-0.2, 0) is 0 Å². The topological polar surface area (TPSA) is 37.9 Å². The monoisotopic (exact) mass is 318 g/mol. The van der Waals surface area contributed by atoms with Gasteiger partial charge in [0.25, 0.3) is 0 Å². The smallest absolute Gasteiger partial charge is 0.138 e. The number of aromatic nitrogens is 2. The summed E-state index contributed by atoms with van der Waals surface area (Å²) < 4.78 is 19.0. The van der Waals surface area contributed by atoms with Gasteiger partial charge in [0.15, 0.2) is 0 Å². The lowest BCUT2D eigenvalue weighted by atomic mass is 10.0. The molecular weight excluding hydrogens is 303 g/mol. The maximum absolute atomic E-state index is 13.7. The third-order valence-corrected chi connectivity index (χ3v) is 4.00. The Bertz CT molecular complexity index is 990. The molecule has 0 amide bonds. The average Bonchev–Trinajstić information content (AvgIpc) is 3.06. The zero-order chi connectivity index (χ0) is 16.5. The predicted octanol–water partition coefficient (Wildman–Crippen LogP) is 5.04. The first kappa shape index (κ1) is 14.5. The molecule has 4 heteroatoms. The summed E-state index contributed by atoms with van der Waals surface area (Å²) in [6.45, 7) is 0. The molecule has 4 aromatic rings. The number of para-hydroxylation sites is 2. The second-order valence-corrected chi connectivity index (χ2v) is 5.53. The van der Waals surface area contributed by atoms with Crippen molar-refractivity contribution in [2.24, 2.45) is 0 Å². The van der Waals surface area contributed by atoms with E-state index in [0.29, 0.717) is 5.75 Å². The number of fused-ring (bicyclic) bond motifs is 1. The highest BCUT2D eigenvalue weighted by Gasteiger charge is 2.10. The molecule has 1 N–H and O–H groups in total. The number of nitrogens with one attached hydrogen (secondary N) is 1. The van der Waals surface area contributed by atoms with Crippen LogP contribution in [0.5, 0.6) is 5.75 Å². The van der Waals surface area contributed by atoms with E-state index in [-0.39, 0.29) is 5.82 Å². The van der Waals surface area contributed by atoms with E-state index >= 15 is 0 Å². The van der Waals surface area contributed by atoms with Gasteiger partial charge in [-0.05, 0) is 42.0 Å². The van der Waals surface area contributed by atoms with Crippen molar-refractivity contribution in [3.63, 3.8) is 0 Å². The normalized spacial score (nSPS) is 10.9. The van der Waals surface area contributed by atoms with E-state index in [9.17, 15) is 4.39 Å². The van der Waals surface area contributed by atoms with E-state index in [1.54, 1.807) is 13.2 Å². The number of halogens is 1. The minimum absolute atomic E-state index is 0.292. The van der Waals surface area contributed by atoms with Crippen LogP contribution in [0.1, 0.15) is 0 Å². The van der Waals surface area contributed by atoms with Crippen molar-refractivity contribution >= 4 is 11.0 Å². The van der Waals surface area contributed by atoms with Gasteiger partial charge in [-0.2, -0.15) is 0 Å². The second-order valence-electron chi connectivity index (χ2n) is 5.53. The van der Waals surface area contributed by atoms with Crippen LogP contribution in [0.25, 0.3) is 33.5 Å². The number of nitrogens with zero attached hydrogens (tertiary/aromatic N) is 1. The minimum atomic E-state index is -0.292. The number of H-pyrrole nitrogens is 1. The van der Waals surface area contributed by atoms with Crippen LogP contribution in [0.3, 0.4) is 0 Å². The molecule has 0 spiro atoms. The van der Waals surface area contributed by atoms with E-state index in [4.69, 9.17) is 4.74 Å². The van der Waals surface area contributed by atoms with Crippen molar-refractivity contribution in [1.29, 1.82) is 0 Å². The number of ether oxygens (including phenoxy) is 1. The summed E-state index contributed by atoms with van der Waals surface area (Å²) in [6.07, 6.45) is 0. The highest BCUT2D eigenvalue weighted by molar-refractivity contribution is 5.81. The molecule has 1 aromatic heterocycles. The molecule has 1 heterocycles. The summed E-state index contributed by atoms with van der Waals surface area (Å²) in [4.78, 5) is 7.93. The fourth-order valence-electron chi connectivity index (χ4n) is 2.83. The first-order chi connectivity index (χ1) is 11.7. The summed E-state index contributed by atoms with van der Waals surface area (Å²) in [5.41, 5.74) is 4.44. The molecule has 0 atom stereocenters. The van der Waals surface area contributed by atoms with Crippen LogP contribution in [0.15, 0.2) is 66.7 Å². The van der Waals surface area contributed by atoms with Crippen molar-refractivity contribution in [3.05, 3.63) is 72.5 Å². The summed E-state index contributed by atoms with van der Waals surface area (Å²) in [5, 5.41) is 0. The van der Waals surface area contributed by atoms with Gasteiger partial charge < -0.3 is 9.72 Å². The molecule has 4 rings (SSSR count). The Balaban J connectivity index is 1.83. The molecule has 0 radical (unpaired) electrons. The Morgan fingerprint density at radius 1 is 0.917 bits per heavy atom. The number of imidazole rings is 1. The van der Waals surface area contributed by atoms with Crippen molar-refractivity contribution in [3.8, 4) is 28.3 Å². The fourth-order valence-corrected chi connectivity index (χ4v) is 2.83. The fraction of sp³-hybridized carbons (Fsp3) is 0.0500. The van der Waals surface area contributed by atoms with E-state index in [1.165, 1.54) is 12.1 Å². The Hall–Kier alpha value is -3.14. The van der Waals surface area contributed by atoms with Crippen LogP contribution >= 0.6 is 0 Å². The minimum Gasteiger partial charge on any atom is -0.496 e. The van der Waals surface area contributed by atoms with Crippen LogP contribution in [-0.4, -0.2) is 17.1 Å². The third kappa shape index (κ3) is 2.52. The zero-order valence-corrected chi connectivity index (χ0v) is 13.1. The Morgan fingerprint density at radius 3 is 2.58 bits per heavy atom. The Kier molecular flexibility index (Phi) is 3.50. The van der Waals surface area contributed by atoms with Gasteiger partial charge in [-0.15, -0.1) is 0 Å². The van der Waals surface area contributed by atoms with Gasteiger partial charge in [0.2, 0.25) is 0 Å². The lowest BCUT2D eigenvalue weighted by Crippen LogP contribution is -1.90. The standard InChI is InChI=1S/C20H15FN2O/c1-24-19-10-9-15(21)12-16(19)13-5-4-6-14(11-13)20-22-17-7-2-3-8-18(17)23-20/h2-12H,1H3,(H,22,23). The van der Waals surface area contributed by atoms with Gasteiger partial charge >= 0.3 is 0 Å². The molecule has 0 unspecified atom stereocenters. The number of aromatic amines is 1. The quantitative estimate of drug-likeness (QED) is 0.574. The van der Waals surface area contributed by atoms with E-state index < -0.39 is 0 Å². The maximum Gasteiger partial charge on any atom is 0.138 e. The van der Waals surface area contributed by atoms with Crippen molar-refractivity contribution < 1.29 is 9.13 Å². The highest BCUT2D eigenvalue weighted by Crippen LogP contribution is 2.33. The Labute approximate surface area is 138 Å². The maximum atomic E-state index is 13.7. The molecule has 3 nitrogen and oxygen atoms in total. The van der Waals surface area contributed by atoms with Crippen LogP contribution in [0.2, 0.25) is 0 Å². The predicted molar refractivity (Wildman–Crippen MR) is 93.5 cm³/mol. The molecule has 0 saturated carbocycles. The molecular formula is C20H15FN2O. The van der Waals surface area contributed by atoms with Gasteiger partial charge in [-0.1, -0.05) is 30.3 Å². The molecule has 0 fully saturated rings. The summed E-state index contributed by atoms with van der Waals surface area (Å²) >= 11 is 0. The first-order valence-electron chi connectivity index (χ1n) is 7.64. The summed E-state index contributed by atoms with van der Waals surface area (Å²) in [6, 6.07) is 20.2. The molecule has 0 bridgehead atoms. The molecule has 0 aliphatic carbocycles. The SMILES string of the molecule is COc1ccc(F)cc1-c1cccc(-c2nc3ccccc3[nH]2)c1. The van der Waals surface area contributed by atoms with Gasteiger partial charge in [-0.3, -0.25) is 0 Å². The van der Waals surface area contributed by atoms with Crippen molar-refractivity contribution in [2.45, 2.75) is 0 Å². The van der Waals surface area contributed by atoms with Crippen LogP contribution in [0.4, 0.5) is 4.39 Å². The van der Waals surface area contributed by atoms with E-state index in [2.05, 4.69) is 9.97 Å². The van der Waals surface area contributed by atoms with E-state index in [1.807, 2.05) is 48.5 Å². The molecule has 3 aromatic carbocycles. The molecule has 0 aliphatic heterocycles. The van der Waals surface area contributed by atoms with E-state index in [0.717, 1.165) is 33.5 Å². The number of hydrogen-bond donors (Lipinski definition) is 1. The number of rotatable bonds is 3. The third-order valence-electron chi connectivity index (χ3n) is 4.00. The summed E-state index contributed by atoms with van der Waals surface area (Å²) in [7, 11) is 1.58. The number of methoxy groups -OCH3 is 1. The largest absolute Gasteiger partial charge is 0.496 e. The Morgan fingerprint density at radius 2 is 1.75 bits per heavy atom. The molecule has 0 aliphatic rings. The first-order valence-corrected chi connectivity index (χ1v) is 7.64. The number of benzene rings is 3. The molecule has 118 valence electrons. The highest BCUT2D eigenvalue weighted by atomic mass is 19.1. The lowest BCUT2D eigenvalue weighted by molar-refractivity contribution is 0.415. The number of hydrogen-bond acceptors (Lipinski definition) is 2. The van der Waals surface area contributed by atoms with Gasteiger partial charge in [0, 0.05) is 11.1 Å². The van der Waals surface area contributed by atoms with Gasteiger partial charge in [-0.25, -0.2) is 9.37 Å². The second kappa shape index (κ2) is 5.81. The lowest BCUT2D eigenvalue weighted by Gasteiger charge is -2.09. The van der Waals surface area contributed by atoms with Crippen molar-refractivity contribution in [2.75, 3.05) is 7.11 Å². The van der Waals surface area contributed by atoms with Gasteiger partial charge in [0.05, 0.1) is 18.1 Å². The van der Waals surface area contributed by atoms with Crippen LogP contribution < -0.4 is 4.74 Å². The average molecular weight is 318 g/mol. The molecule has 24 heavy (non-hydrogen) atoms.